The summed E-state index contributed by atoms with van der Waals surface area (Å²) in [6.45, 7) is 4.11. The van der Waals surface area contributed by atoms with E-state index in [1.807, 2.05) is 0 Å². The SMILES string of the molecule is C1=C(CCNc2nncc(N3CCOCC3)n2)CCCC1. The van der Waals surface area contributed by atoms with Gasteiger partial charge in [0.15, 0.2) is 5.82 Å². The van der Waals surface area contributed by atoms with Crippen molar-refractivity contribution in [3.8, 4) is 0 Å². The van der Waals surface area contributed by atoms with Gasteiger partial charge in [-0.15, -0.1) is 5.10 Å². The van der Waals surface area contributed by atoms with Crippen LogP contribution in [0.5, 0.6) is 0 Å². The van der Waals surface area contributed by atoms with Crippen LogP contribution in [-0.4, -0.2) is 48.0 Å². The van der Waals surface area contributed by atoms with Crippen molar-refractivity contribution < 1.29 is 4.74 Å². The molecule has 1 aromatic rings. The molecule has 0 unspecified atom stereocenters. The van der Waals surface area contributed by atoms with Crippen LogP contribution in [0.15, 0.2) is 17.8 Å². The number of hydrogen-bond acceptors (Lipinski definition) is 6. The van der Waals surface area contributed by atoms with Gasteiger partial charge in [-0.2, -0.15) is 10.1 Å². The van der Waals surface area contributed by atoms with E-state index < -0.39 is 0 Å². The van der Waals surface area contributed by atoms with E-state index in [2.05, 4.69) is 31.5 Å². The molecule has 0 radical (unpaired) electrons. The molecule has 1 fully saturated rings. The molecule has 0 spiro atoms. The van der Waals surface area contributed by atoms with Gasteiger partial charge in [0.05, 0.1) is 19.4 Å². The number of nitrogens with one attached hydrogen (secondary N) is 1. The lowest BCUT2D eigenvalue weighted by atomic mass is 9.97. The van der Waals surface area contributed by atoms with Crippen LogP contribution < -0.4 is 10.2 Å². The summed E-state index contributed by atoms with van der Waals surface area (Å²) in [5, 5.41) is 11.4. The van der Waals surface area contributed by atoms with Crippen LogP contribution in [-0.2, 0) is 4.74 Å². The average molecular weight is 289 g/mol. The highest BCUT2D eigenvalue weighted by atomic mass is 16.5. The van der Waals surface area contributed by atoms with Crippen molar-refractivity contribution in [2.45, 2.75) is 32.1 Å². The zero-order valence-electron chi connectivity index (χ0n) is 12.4. The Morgan fingerprint density at radius 2 is 2.14 bits per heavy atom. The molecular weight excluding hydrogens is 266 g/mol. The van der Waals surface area contributed by atoms with Gasteiger partial charge in [0.2, 0.25) is 5.95 Å². The highest BCUT2D eigenvalue weighted by Crippen LogP contribution is 2.20. The quantitative estimate of drug-likeness (QED) is 0.837. The Balaban J connectivity index is 1.52. The van der Waals surface area contributed by atoms with Crippen molar-refractivity contribution in [1.29, 1.82) is 0 Å². The first-order valence-electron chi connectivity index (χ1n) is 7.86. The number of hydrogen-bond donors (Lipinski definition) is 1. The summed E-state index contributed by atoms with van der Waals surface area (Å²) in [7, 11) is 0. The van der Waals surface area contributed by atoms with E-state index in [-0.39, 0.29) is 0 Å². The summed E-state index contributed by atoms with van der Waals surface area (Å²) in [4.78, 5) is 6.73. The first-order chi connectivity index (χ1) is 10.4. The lowest BCUT2D eigenvalue weighted by Gasteiger charge is -2.27. The summed E-state index contributed by atoms with van der Waals surface area (Å²) in [5.74, 6) is 1.50. The Kier molecular flexibility index (Phi) is 4.99. The Labute approximate surface area is 125 Å². The molecule has 2 heterocycles. The fraction of sp³-hybridized carbons (Fsp3) is 0.667. The third-order valence-electron chi connectivity index (χ3n) is 4.00. The molecule has 6 heteroatoms. The van der Waals surface area contributed by atoms with Crippen LogP contribution in [0.4, 0.5) is 11.8 Å². The minimum atomic E-state index is 0.621. The van der Waals surface area contributed by atoms with Gasteiger partial charge >= 0.3 is 0 Å². The monoisotopic (exact) mass is 289 g/mol. The van der Waals surface area contributed by atoms with Crippen molar-refractivity contribution >= 4 is 11.8 Å². The lowest BCUT2D eigenvalue weighted by molar-refractivity contribution is 0.122. The van der Waals surface area contributed by atoms with Crippen molar-refractivity contribution in [2.75, 3.05) is 43.1 Å². The molecule has 6 nitrogen and oxygen atoms in total. The molecule has 114 valence electrons. The van der Waals surface area contributed by atoms with Crippen LogP contribution in [0, 0.1) is 0 Å². The lowest BCUT2D eigenvalue weighted by Crippen LogP contribution is -2.37. The second-order valence-corrected chi connectivity index (χ2v) is 5.52. The van der Waals surface area contributed by atoms with Crippen LogP contribution in [0.2, 0.25) is 0 Å². The zero-order chi connectivity index (χ0) is 14.3. The summed E-state index contributed by atoms with van der Waals surface area (Å²) in [5.41, 5.74) is 1.56. The second kappa shape index (κ2) is 7.36. The molecular formula is C15H23N5O. The Morgan fingerprint density at radius 1 is 1.24 bits per heavy atom. The number of nitrogens with zero attached hydrogens (tertiary/aromatic N) is 4. The number of morpholine rings is 1. The summed E-state index contributed by atoms with van der Waals surface area (Å²) < 4.78 is 5.36. The molecule has 0 atom stereocenters. The molecule has 0 bridgehead atoms. The van der Waals surface area contributed by atoms with Gasteiger partial charge in [0.1, 0.15) is 0 Å². The number of allylic oxidation sites excluding steroid dienone is 1. The maximum atomic E-state index is 5.36. The van der Waals surface area contributed by atoms with Crippen LogP contribution in [0.25, 0.3) is 0 Å². The largest absolute Gasteiger partial charge is 0.378 e. The first-order valence-corrected chi connectivity index (χ1v) is 7.86. The van der Waals surface area contributed by atoms with Crippen molar-refractivity contribution in [3.05, 3.63) is 17.8 Å². The fourth-order valence-electron chi connectivity index (χ4n) is 2.78. The molecule has 3 rings (SSSR count). The molecule has 1 aliphatic carbocycles. The highest BCUT2D eigenvalue weighted by Gasteiger charge is 2.13. The predicted molar refractivity (Wildman–Crippen MR) is 82.5 cm³/mol. The topological polar surface area (TPSA) is 63.2 Å². The minimum absolute atomic E-state index is 0.621. The van der Waals surface area contributed by atoms with Gasteiger partial charge in [-0.25, -0.2) is 0 Å². The smallest absolute Gasteiger partial charge is 0.244 e. The normalized spacial score (nSPS) is 19.2. The third kappa shape index (κ3) is 4.14. The molecule has 1 saturated heterocycles. The van der Waals surface area contributed by atoms with Crippen molar-refractivity contribution in [1.82, 2.24) is 15.2 Å². The number of rotatable bonds is 5. The van der Waals surface area contributed by atoms with E-state index in [0.717, 1.165) is 45.1 Å². The summed E-state index contributed by atoms with van der Waals surface area (Å²) >= 11 is 0. The van der Waals surface area contributed by atoms with E-state index in [4.69, 9.17) is 4.74 Å². The van der Waals surface area contributed by atoms with E-state index >= 15 is 0 Å². The van der Waals surface area contributed by atoms with Gasteiger partial charge in [-0.3, -0.25) is 0 Å². The summed E-state index contributed by atoms with van der Waals surface area (Å²) in [6, 6.07) is 0. The Bertz CT molecular complexity index is 485. The van der Waals surface area contributed by atoms with Gasteiger partial charge in [-0.1, -0.05) is 11.6 Å². The van der Waals surface area contributed by atoms with Gasteiger partial charge < -0.3 is 15.0 Å². The standard InChI is InChI=1S/C15H23N5O/c1-2-4-13(5-3-1)6-7-16-15-18-14(12-17-19-15)20-8-10-21-11-9-20/h4,12H,1-3,5-11H2,(H,16,18,19). The van der Waals surface area contributed by atoms with E-state index in [1.54, 1.807) is 11.8 Å². The van der Waals surface area contributed by atoms with E-state index in [1.165, 1.54) is 25.7 Å². The maximum Gasteiger partial charge on any atom is 0.244 e. The molecule has 2 aliphatic rings. The fourth-order valence-corrected chi connectivity index (χ4v) is 2.78. The van der Waals surface area contributed by atoms with Crippen LogP contribution in [0.1, 0.15) is 32.1 Å². The van der Waals surface area contributed by atoms with Gasteiger partial charge in [-0.05, 0) is 32.1 Å². The zero-order valence-corrected chi connectivity index (χ0v) is 12.4. The molecule has 0 aromatic carbocycles. The summed E-state index contributed by atoms with van der Waals surface area (Å²) in [6.07, 6.45) is 10.3. The predicted octanol–water partition coefficient (Wildman–Crippen LogP) is 2.01. The molecule has 0 amide bonds. The van der Waals surface area contributed by atoms with Crippen molar-refractivity contribution in [2.24, 2.45) is 0 Å². The maximum absolute atomic E-state index is 5.36. The molecule has 1 aliphatic heterocycles. The van der Waals surface area contributed by atoms with Gasteiger partial charge in [0.25, 0.3) is 0 Å². The Morgan fingerprint density at radius 3 is 2.95 bits per heavy atom. The highest BCUT2D eigenvalue weighted by molar-refractivity contribution is 5.40. The van der Waals surface area contributed by atoms with Crippen molar-refractivity contribution in [3.63, 3.8) is 0 Å². The molecule has 21 heavy (non-hydrogen) atoms. The van der Waals surface area contributed by atoms with Crippen LogP contribution in [0.3, 0.4) is 0 Å². The first kappa shape index (κ1) is 14.3. The van der Waals surface area contributed by atoms with Crippen LogP contribution >= 0.6 is 0 Å². The van der Waals surface area contributed by atoms with E-state index in [9.17, 15) is 0 Å². The molecule has 0 saturated carbocycles. The van der Waals surface area contributed by atoms with Gasteiger partial charge in [0, 0.05) is 19.6 Å². The minimum Gasteiger partial charge on any atom is -0.378 e. The molecule has 1 N–H and O–H groups in total. The second-order valence-electron chi connectivity index (χ2n) is 5.52. The van der Waals surface area contributed by atoms with E-state index in [0.29, 0.717) is 5.95 Å². The third-order valence-corrected chi connectivity index (χ3v) is 4.00. The number of anilines is 2. The number of ether oxygens (including phenoxy) is 1. The average Bonchev–Trinajstić information content (AvgIpc) is 2.57. The number of aromatic nitrogens is 3. The molecule has 1 aromatic heterocycles. The Hall–Kier alpha value is -1.69.